The number of fused-ring (bicyclic) bond motifs is 1. The second-order valence-corrected chi connectivity index (χ2v) is 4.28. The molecule has 3 rings (SSSR count). The van der Waals surface area contributed by atoms with E-state index in [0.29, 0.717) is 22.7 Å². The number of nitrogens with zero attached hydrogens (tertiary/aromatic N) is 2. The summed E-state index contributed by atoms with van der Waals surface area (Å²) in [7, 11) is 0. The summed E-state index contributed by atoms with van der Waals surface area (Å²) in [5, 5.41) is 7.97. The lowest BCUT2D eigenvalue weighted by Crippen LogP contribution is -2.04. The van der Waals surface area contributed by atoms with Gasteiger partial charge in [0.15, 0.2) is 0 Å². The van der Waals surface area contributed by atoms with Crippen LogP contribution in [0.2, 0.25) is 0 Å². The molecule has 2 heterocycles. The number of hydrogen-bond donors (Lipinski definition) is 1. The SMILES string of the molecule is Cc1nonc1COC(=O)c1cc2cc(N)ccc2o1. The van der Waals surface area contributed by atoms with Crippen molar-refractivity contribution < 1.29 is 18.6 Å². The maximum Gasteiger partial charge on any atom is 0.374 e. The highest BCUT2D eigenvalue weighted by molar-refractivity contribution is 5.93. The largest absolute Gasteiger partial charge is 0.453 e. The number of esters is 1. The van der Waals surface area contributed by atoms with Crippen LogP contribution in [0.25, 0.3) is 11.0 Å². The molecule has 7 nitrogen and oxygen atoms in total. The molecule has 0 atom stereocenters. The Morgan fingerprint density at radius 1 is 1.35 bits per heavy atom. The first-order chi connectivity index (χ1) is 9.63. The number of hydrogen-bond acceptors (Lipinski definition) is 7. The molecule has 0 saturated heterocycles. The number of aryl methyl sites for hydroxylation is 1. The van der Waals surface area contributed by atoms with E-state index in [2.05, 4.69) is 14.9 Å². The average molecular weight is 273 g/mol. The van der Waals surface area contributed by atoms with Crippen LogP contribution in [0.1, 0.15) is 21.9 Å². The van der Waals surface area contributed by atoms with Gasteiger partial charge in [-0.2, -0.15) is 0 Å². The normalized spacial score (nSPS) is 10.8. The van der Waals surface area contributed by atoms with Crippen LogP contribution in [0.15, 0.2) is 33.3 Å². The highest BCUT2D eigenvalue weighted by Gasteiger charge is 2.15. The predicted octanol–water partition coefficient (Wildman–Crippen LogP) is 2.06. The quantitative estimate of drug-likeness (QED) is 0.575. The summed E-state index contributed by atoms with van der Waals surface area (Å²) in [6.07, 6.45) is 0. The standard InChI is InChI=1S/C13H11N3O4/c1-7-10(16-20-15-7)6-18-13(17)12-5-8-4-9(14)2-3-11(8)19-12/h2-5H,6,14H2,1H3. The molecule has 0 radical (unpaired) electrons. The molecule has 0 aliphatic heterocycles. The van der Waals surface area contributed by atoms with E-state index in [-0.39, 0.29) is 12.4 Å². The van der Waals surface area contributed by atoms with Crippen molar-refractivity contribution in [2.45, 2.75) is 13.5 Å². The number of aromatic nitrogens is 2. The lowest BCUT2D eigenvalue weighted by molar-refractivity contribution is 0.0429. The maximum atomic E-state index is 11.9. The molecular formula is C13H11N3O4. The number of furan rings is 1. The Labute approximate surface area is 113 Å². The van der Waals surface area contributed by atoms with Gasteiger partial charge in [-0.1, -0.05) is 10.3 Å². The molecule has 20 heavy (non-hydrogen) atoms. The van der Waals surface area contributed by atoms with Gasteiger partial charge in [0.25, 0.3) is 0 Å². The van der Waals surface area contributed by atoms with E-state index in [1.54, 1.807) is 31.2 Å². The minimum absolute atomic E-state index is 0.0205. The van der Waals surface area contributed by atoms with Gasteiger partial charge in [0.1, 0.15) is 23.6 Å². The first-order valence-corrected chi connectivity index (χ1v) is 5.88. The van der Waals surface area contributed by atoms with Crippen molar-refractivity contribution >= 4 is 22.6 Å². The lowest BCUT2D eigenvalue weighted by atomic mass is 10.2. The Kier molecular flexibility index (Phi) is 2.86. The molecule has 0 bridgehead atoms. The van der Waals surface area contributed by atoms with Crippen LogP contribution in [-0.2, 0) is 11.3 Å². The average Bonchev–Trinajstić information content (AvgIpc) is 3.01. The Bertz CT molecular complexity index is 775. The number of anilines is 1. The third-order valence-corrected chi connectivity index (χ3v) is 2.83. The lowest BCUT2D eigenvalue weighted by Gasteiger charge is -1.99. The second-order valence-electron chi connectivity index (χ2n) is 4.28. The molecule has 0 unspecified atom stereocenters. The number of ether oxygens (including phenoxy) is 1. The summed E-state index contributed by atoms with van der Waals surface area (Å²) in [4.78, 5) is 11.9. The Morgan fingerprint density at radius 3 is 2.95 bits per heavy atom. The van der Waals surface area contributed by atoms with E-state index >= 15 is 0 Å². The maximum absolute atomic E-state index is 11.9. The van der Waals surface area contributed by atoms with Gasteiger partial charge in [-0.25, -0.2) is 9.42 Å². The van der Waals surface area contributed by atoms with Crippen molar-refractivity contribution in [3.8, 4) is 0 Å². The van der Waals surface area contributed by atoms with Crippen molar-refractivity contribution in [1.82, 2.24) is 10.3 Å². The van der Waals surface area contributed by atoms with Crippen LogP contribution in [0.5, 0.6) is 0 Å². The van der Waals surface area contributed by atoms with E-state index in [4.69, 9.17) is 14.9 Å². The minimum Gasteiger partial charge on any atom is -0.453 e. The molecule has 2 aromatic heterocycles. The number of carbonyl (C=O) groups is 1. The molecule has 1 aromatic carbocycles. The van der Waals surface area contributed by atoms with Crippen molar-refractivity contribution in [3.05, 3.63) is 41.4 Å². The molecule has 102 valence electrons. The smallest absolute Gasteiger partial charge is 0.374 e. The molecule has 0 fully saturated rings. The fourth-order valence-electron chi connectivity index (χ4n) is 1.75. The van der Waals surface area contributed by atoms with Gasteiger partial charge >= 0.3 is 5.97 Å². The van der Waals surface area contributed by atoms with Gasteiger partial charge in [-0.3, -0.25) is 0 Å². The van der Waals surface area contributed by atoms with Crippen LogP contribution < -0.4 is 5.73 Å². The summed E-state index contributed by atoms with van der Waals surface area (Å²) < 4.78 is 15.0. The summed E-state index contributed by atoms with van der Waals surface area (Å²) in [6.45, 7) is 1.69. The van der Waals surface area contributed by atoms with Crippen LogP contribution in [-0.4, -0.2) is 16.3 Å². The molecule has 0 spiro atoms. The van der Waals surface area contributed by atoms with Crippen molar-refractivity contribution in [2.75, 3.05) is 5.73 Å². The molecule has 0 aliphatic carbocycles. The van der Waals surface area contributed by atoms with Gasteiger partial charge in [0.2, 0.25) is 5.76 Å². The van der Waals surface area contributed by atoms with Crippen LogP contribution >= 0.6 is 0 Å². The zero-order valence-electron chi connectivity index (χ0n) is 10.6. The number of nitrogen functional groups attached to an aromatic ring is 1. The van der Waals surface area contributed by atoms with E-state index in [1.165, 1.54) is 0 Å². The van der Waals surface area contributed by atoms with Gasteiger partial charge in [0, 0.05) is 11.1 Å². The molecule has 0 saturated carbocycles. The molecule has 7 heteroatoms. The summed E-state index contributed by atoms with van der Waals surface area (Å²) in [5.74, 6) is -0.470. The number of carbonyl (C=O) groups excluding carboxylic acids is 1. The second kappa shape index (κ2) is 4.69. The third-order valence-electron chi connectivity index (χ3n) is 2.83. The first kappa shape index (κ1) is 12.2. The van der Waals surface area contributed by atoms with Crippen molar-refractivity contribution in [3.63, 3.8) is 0 Å². The first-order valence-electron chi connectivity index (χ1n) is 5.88. The van der Waals surface area contributed by atoms with E-state index in [9.17, 15) is 4.79 Å². The van der Waals surface area contributed by atoms with E-state index < -0.39 is 5.97 Å². The zero-order chi connectivity index (χ0) is 14.1. The van der Waals surface area contributed by atoms with Crippen LogP contribution in [0, 0.1) is 6.92 Å². The highest BCUT2D eigenvalue weighted by Crippen LogP contribution is 2.22. The molecule has 0 amide bonds. The fraction of sp³-hybridized carbons (Fsp3) is 0.154. The van der Waals surface area contributed by atoms with E-state index in [0.717, 1.165) is 5.39 Å². The number of nitrogens with two attached hydrogens (primary N) is 1. The minimum atomic E-state index is -0.581. The Morgan fingerprint density at radius 2 is 2.20 bits per heavy atom. The predicted molar refractivity (Wildman–Crippen MR) is 68.8 cm³/mol. The summed E-state index contributed by atoms with van der Waals surface area (Å²) >= 11 is 0. The van der Waals surface area contributed by atoms with Gasteiger partial charge in [-0.05, 0) is 31.2 Å². The van der Waals surface area contributed by atoms with Crippen molar-refractivity contribution in [2.24, 2.45) is 0 Å². The van der Waals surface area contributed by atoms with Crippen molar-refractivity contribution in [1.29, 1.82) is 0 Å². The molecular weight excluding hydrogens is 262 g/mol. The third kappa shape index (κ3) is 2.20. The number of rotatable bonds is 3. The molecule has 0 aliphatic rings. The zero-order valence-corrected chi connectivity index (χ0v) is 10.6. The highest BCUT2D eigenvalue weighted by atomic mass is 16.6. The van der Waals surface area contributed by atoms with Gasteiger partial charge in [0.05, 0.1) is 0 Å². The van der Waals surface area contributed by atoms with Gasteiger partial charge < -0.3 is 14.9 Å². The Balaban J connectivity index is 1.77. The van der Waals surface area contributed by atoms with Crippen LogP contribution in [0.4, 0.5) is 5.69 Å². The van der Waals surface area contributed by atoms with Gasteiger partial charge in [-0.15, -0.1) is 0 Å². The topological polar surface area (TPSA) is 104 Å². The Hall–Kier alpha value is -2.83. The summed E-state index contributed by atoms with van der Waals surface area (Å²) in [6, 6.07) is 6.71. The number of benzene rings is 1. The van der Waals surface area contributed by atoms with E-state index in [1.807, 2.05) is 0 Å². The summed E-state index contributed by atoms with van der Waals surface area (Å²) in [5.41, 5.74) is 7.89. The molecule has 2 N–H and O–H groups in total. The molecule has 3 aromatic rings. The monoisotopic (exact) mass is 273 g/mol. The fourth-order valence-corrected chi connectivity index (χ4v) is 1.75. The van der Waals surface area contributed by atoms with Crippen LogP contribution in [0.3, 0.4) is 0 Å².